The second-order valence-electron chi connectivity index (χ2n) is 3.54. The van der Waals surface area contributed by atoms with E-state index in [-0.39, 0.29) is 6.61 Å². The van der Waals surface area contributed by atoms with Crippen LogP contribution in [0.1, 0.15) is 17.5 Å². The van der Waals surface area contributed by atoms with E-state index in [9.17, 15) is 0 Å². The topological polar surface area (TPSA) is 38.7 Å². The van der Waals surface area contributed by atoms with Crippen LogP contribution >= 0.6 is 15.9 Å². The van der Waals surface area contributed by atoms with Crippen molar-refractivity contribution < 1.29 is 14.6 Å². The average Bonchev–Trinajstić information content (AvgIpc) is 2.30. The van der Waals surface area contributed by atoms with E-state index in [0.717, 1.165) is 39.9 Å². The molecule has 0 aliphatic rings. The maximum Gasteiger partial charge on any atom is 0.136 e. The molecular formula is C12H17BrO3. The van der Waals surface area contributed by atoms with Crippen LogP contribution in [-0.2, 0) is 6.42 Å². The molecular weight excluding hydrogens is 272 g/mol. The van der Waals surface area contributed by atoms with E-state index >= 15 is 0 Å². The van der Waals surface area contributed by atoms with E-state index in [1.807, 2.05) is 13.0 Å². The molecule has 3 nitrogen and oxygen atoms in total. The Bertz CT molecular complexity index is 364. The van der Waals surface area contributed by atoms with Crippen molar-refractivity contribution in [3.05, 3.63) is 21.7 Å². The van der Waals surface area contributed by atoms with E-state index in [4.69, 9.17) is 14.6 Å². The van der Waals surface area contributed by atoms with Gasteiger partial charge in [-0.15, -0.1) is 0 Å². The highest BCUT2D eigenvalue weighted by atomic mass is 79.9. The lowest BCUT2D eigenvalue weighted by atomic mass is 10.1. The van der Waals surface area contributed by atoms with Gasteiger partial charge in [0.1, 0.15) is 11.5 Å². The standard InChI is InChI=1S/C12H17BrO3/c1-8-10(15-2)7-9(5-4-6-14)12(16-3)11(8)13/h7,14H,4-6H2,1-3H3. The zero-order chi connectivity index (χ0) is 12.1. The van der Waals surface area contributed by atoms with Gasteiger partial charge in [-0.3, -0.25) is 0 Å². The normalized spacial score (nSPS) is 10.3. The molecule has 0 saturated carbocycles. The molecule has 0 amide bonds. The molecule has 0 aliphatic carbocycles. The van der Waals surface area contributed by atoms with Crippen molar-refractivity contribution in [1.82, 2.24) is 0 Å². The van der Waals surface area contributed by atoms with Crippen molar-refractivity contribution in [2.45, 2.75) is 19.8 Å². The predicted molar refractivity (Wildman–Crippen MR) is 67.4 cm³/mol. The van der Waals surface area contributed by atoms with Crippen LogP contribution in [0.2, 0.25) is 0 Å². The van der Waals surface area contributed by atoms with Crippen LogP contribution in [0.5, 0.6) is 11.5 Å². The Morgan fingerprint density at radius 2 is 2.00 bits per heavy atom. The lowest BCUT2D eigenvalue weighted by molar-refractivity contribution is 0.287. The minimum atomic E-state index is 0.178. The fraction of sp³-hybridized carbons (Fsp3) is 0.500. The molecule has 90 valence electrons. The molecule has 4 heteroatoms. The highest BCUT2D eigenvalue weighted by molar-refractivity contribution is 9.10. The van der Waals surface area contributed by atoms with E-state index in [1.165, 1.54) is 0 Å². The Morgan fingerprint density at radius 1 is 1.31 bits per heavy atom. The lowest BCUT2D eigenvalue weighted by Crippen LogP contribution is -1.99. The van der Waals surface area contributed by atoms with Gasteiger partial charge in [0.25, 0.3) is 0 Å². The quantitative estimate of drug-likeness (QED) is 0.905. The molecule has 1 aromatic rings. The Kier molecular flexibility index (Phi) is 5.09. The zero-order valence-electron chi connectivity index (χ0n) is 9.84. The highest BCUT2D eigenvalue weighted by Gasteiger charge is 2.14. The summed E-state index contributed by atoms with van der Waals surface area (Å²) in [4.78, 5) is 0. The Morgan fingerprint density at radius 3 is 2.50 bits per heavy atom. The number of aliphatic hydroxyl groups is 1. The maximum atomic E-state index is 8.86. The summed E-state index contributed by atoms with van der Waals surface area (Å²) < 4.78 is 11.6. The predicted octanol–water partition coefficient (Wildman–Crippen LogP) is 2.70. The number of benzene rings is 1. The molecule has 0 saturated heterocycles. The summed E-state index contributed by atoms with van der Waals surface area (Å²) in [5.41, 5.74) is 2.07. The lowest BCUT2D eigenvalue weighted by Gasteiger charge is -2.15. The molecule has 16 heavy (non-hydrogen) atoms. The van der Waals surface area contributed by atoms with Crippen LogP contribution in [0.15, 0.2) is 10.5 Å². The molecule has 0 spiro atoms. The third-order valence-corrected chi connectivity index (χ3v) is 3.48. The summed E-state index contributed by atoms with van der Waals surface area (Å²) in [5.74, 6) is 1.66. The molecule has 0 unspecified atom stereocenters. The van der Waals surface area contributed by atoms with Gasteiger partial charge in [0, 0.05) is 12.2 Å². The highest BCUT2D eigenvalue weighted by Crippen LogP contribution is 2.38. The summed E-state index contributed by atoms with van der Waals surface area (Å²) in [6.07, 6.45) is 1.49. The summed E-state index contributed by atoms with van der Waals surface area (Å²) >= 11 is 3.51. The van der Waals surface area contributed by atoms with Crippen molar-refractivity contribution >= 4 is 15.9 Å². The number of aryl methyl sites for hydroxylation is 1. The Hall–Kier alpha value is -0.740. The van der Waals surface area contributed by atoms with Crippen molar-refractivity contribution in [1.29, 1.82) is 0 Å². The van der Waals surface area contributed by atoms with Crippen LogP contribution in [-0.4, -0.2) is 25.9 Å². The third kappa shape index (κ3) is 2.68. The minimum Gasteiger partial charge on any atom is -0.496 e. The average molecular weight is 289 g/mol. The van der Waals surface area contributed by atoms with Gasteiger partial charge in [0.05, 0.1) is 18.7 Å². The smallest absolute Gasteiger partial charge is 0.136 e. The van der Waals surface area contributed by atoms with Gasteiger partial charge in [-0.25, -0.2) is 0 Å². The minimum absolute atomic E-state index is 0.178. The Balaban J connectivity index is 3.18. The number of methoxy groups -OCH3 is 2. The van der Waals surface area contributed by atoms with E-state index in [1.54, 1.807) is 14.2 Å². The fourth-order valence-corrected chi connectivity index (χ4v) is 2.25. The first kappa shape index (κ1) is 13.3. The van der Waals surface area contributed by atoms with E-state index in [2.05, 4.69) is 15.9 Å². The van der Waals surface area contributed by atoms with E-state index in [0.29, 0.717) is 0 Å². The van der Waals surface area contributed by atoms with Gasteiger partial charge < -0.3 is 14.6 Å². The van der Waals surface area contributed by atoms with Gasteiger partial charge >= 0.3 is 0 Å². The summed E-state index contributed by atoms with van der Waals surface area (Å²) in [6, 6.07) is 1.97. The second kappa shape index (κ2) is 6.11. The van der Waals surface area contributed by atoms with Gasteiger partial charge in [0.15, 0.2) is 0 Å². The van der Waals surface area contributed by atoms with Crippen molar-refractivity contribution in [3.63, 3.8) is 0 Å². The summed E-state index contributed by atoms with van der Waals surface area (Å²) in [5, 5.41) is 8.86. The first-order valence-electron chi connectivity index (χ1n) is 5.16. The van der Waals surface area contributed by atoms with Crippen LogP contribution in [0, 0.1) is 6.92 Å². The van der Waals surface area contributed by atoms with Crippen molar-refractivity contribution in [3.8, 4) is 11.5 Å². The first-order valence-corrected chi connectivity index (χ1v) is 5.95. The second-order valence-corrected chi connectivity index (χ2v) is 4.33. The molecule has 0 atom stereocenters. The van der Waals surface area contributed by atoms with Crippen molar-refractivity contribution in [2.75, 3.05) is 20.8 Å². The van der Waals surface area contributed by atoms with Crippen LogP contribution < -0.4 is 9.47 Å². The van der Waals surface area contributed by atoms with Gasteiger partial charge in [0.2, 0.25) is 0 Å². The summed E-state index contributed by atoms with van der Waals surface area (Å²) in [7, 11) is 3.30. The monoisotopic (exact) mass is 288 g/mol. The van der Waals surface area contributed by atoms with E-state index < -0.39 is 0 Å². The van der Waals surface area contributed by atoms with Gasteiger partial charge in [-0.2, -0.15) is 0 Å². The van der Waals surface area contributed by atoms with Crippen molar-refractivity contribution in [2.24, 2.45) is 0 Å². The fourth-order valence-electron chi connectivity index (χ4n) is 1.64. The van der Waals surface area contributed by atoms with Crippen LogP contribution in [0.25, 0.3) is 0 Å². The van der Waals surface area contributed by atoms with Gasteiger partial charge in [-0.1, -0.05) is 0 Å². The molecule has 1 rings (SSSR count). The molecule has 0 bridgehead atoms. The number of rotatable bonds is 5. The number of aliphatic hydroxyl groups excluding tert-OH is 1. The number of halogens is 1. The number of hydrogen-bond donors (Lipinski definition) is 1. The Labute approximate surface area is 105 Å². The molecule has 1 N–H and O–H groups in total. The largest absolute Gasteiger partial charge is 0.496 e. The molecule has 1 aromatic carbocycles. The van der Waals surface area contributed by atoms with Gasteiger partial charge in [-0.05, 0) is 47.3 Å². The summed E-state index contributed by atoms with van der Waals surface area (Å²) in [6.45, 7) is 2.15. The van der Waals surface area contributed by atoms with Crippen LogP contribution in [0.3, 0.4) is 0 Å². The number of hydrogen-bond acceptors (Lipinski definition) is 3. The zero-order valence-corrected chi connectivity index (χ0v) is 11.4. The SMILES string of the molecule is COc1cc(CCCO)c(OC)c(Br)c1C. The van der Waals surface area contributed by atoms with Crippen LogP contribution in [0.4, 0.5) is 0 Å². The molecule has 0 heterocycles. The molecule has 0 aromatic heterocycles. The first-order chi connectivity index (χ1) is 7.65. The molecule has 0 radical (unpaired) electrons. The maximum absolute atomic E-state index is 8.86. The third-order valence-electron chi connectivity index (χ3n) is 2.52. The molecule has 0 fully saturated rings. The molecule has 0 aliphatic heterocycles. The number of ether oxygens (including phenoxy) is 2.